The number of esters is 1. The minimum absolute atomic E-state index is 0.0104. The van der Waals surface area contributed by atoms with E-state index in [0.29, 0.717) is 22.6 Å². The quantitative estimate of drug-likeness (QED) is 0.169. The van der Waals surface area contributed by atoms with Crippen LogP contribution in [0.3, 0.4) is 0 Å². The van der Waals surface area contributed by atoms with Gasteiger partial charge in [-0.15, -0.1) is 0 Å². The number of hydrogen-bond acceptors (Lipinski definition) is 8. The van der Waals surface area contributed by atoms with E-state index in [1.165, 1.54) is 44.7 Å². The monoisotopic (exact) mass is 463 g/mol. The number of nitrogens with zero attached hydrogens (tertiary/aromatic N) is 2. The van der Waals surface area contributed by atoms with Gasteiger partial charge in [0.2, 0.25) is 5.91 Å². The van der Waals surface area contributed by atoms with Gasteiger partial charge in [-0.25, -0.2) is 10.2 Å². The van der Waals surface area contributed by atoms with Gasteiger partial charge in [0.1, 0.15) is 11.3 Å². The van der Waals surface area contributed by atoms with E-state index in [0.717, 1.165) is 0 Å². The second kappa shape index (κ2) is 11.2. The van der Waals surface area contributed by atoms with Crippen molar-refractivity contribution >= 4 is 23.8 Å². The minimum atomic E-state index is -0.601. The first-order valence-corrected chi connectivity index (χ1v) is 9.99. The molecule has 0 aromatic heterocycles. The summed E-state index contributed by atoms with van der Waals surface area (Å²) in [6.45, 7) is 0. The Bertz CT molecular complexity index is 1220. The Hall–Kier alpha value is -4.73. The predicted molar refractivity (Wildman–Crippen MR) is 123 cm³/mol. The molecule has 0 aliphatic heterocycles. The summed E-state index contributed by atoms with van der Waals surface area (Å²) in [4.78, 5) is 34.8. The van der Waals surface area contributed by atoms with E-state index in [9.17, 15) is 19.7 Å². The highest BCUT2D eigenvalue weighted by Crippen LogP contribution is 2.29. The van der Waals surface area contributed by atoms with Crippen LogP contribution >= 0.6 is 0 Å². The lowest BCUT2D eigenvalue weighted by molar-refractivity contribution is -0.384. The summed E-state index contributed by atoms with van der Waals surface area (Å²) in [6, 6.07) is 17.2. The summed E-state index contributed by atoms with van der Waals surface area (Å²) in [5.74, 6) is -0.100. The molecular weight excluding hydrogens is 442 g/mol. The molecule has 0 unspecified atom stereocenters. The molecule has 10 heteroatoms. The molecule has 0 saturated carbocycles. The largest absolute Gasteiger partial charge is 0.496 e. The third kappa shape index (κ3) is 6.16. The van der Waals surface area contributed by atoms with E-state index in [1.54, 1.807) is 42.5 Å². The number of benzene rings is 3. The molecule has 3 rings (SSSR count). The van der Waals surface area contributed by atoms with Crippen molar-refractivity contribution < 1.29 is 28.7 Å². The molecule has 0 heterocycles. The van der Waals surface area contributed by atoms with Crippen LogP contribution in [0.15, 0.2) is 71.8 Å². The number of amides is 1. The first-order chi connectivity index (χ1) is 16.4. The highest BCUT2D eigenvalue weighted by Gasteiger charge is 2.16. The van der Waals surface area contributed by atoms with Crippen molar-refractivity contribution in [1.29, 1.82) is 0 Å². The van der Waals surface area contributed by atoms with Crippen molar-refractivity contribution in [3.63, 3.8) is 0 Å². The number of hydrazone groups is 1. The Morgan fingerprint density at radius 3 is 2.35 bits per heavy atom. The minimum Gasteiger partial charge on any atom is -0.496 e. The van der Waals surface area contributed by atoms with Crippen LogP contribution in [0.5, 0.6) is 17.2 Å². The molecule has 0 aliphatic carbocycles. The van der Waals surface area contributed by atoms with Gasteiger partial charge in [0.15, 0.2) is 11.5 Å². The normalized spacial score (nSPS) is 10.5. The zero-order valence-corrected chi connectivity index (χ0v) is 18.4. The number of carbonyl (C=O) groups is 2. The van der Waals surface area contributed by atoms with Gasteiger partial charge in [-0.3, -0.25) is 14.9 Å². The molecule has 10 nitrogen and oxygen atoms in total. The Morgan fingerprint density at radius 1 is 0.971 bits per heavy atom. The molecule has 1 amide bonds. The Kier molecular flexibility index (Phi) is 7.90. The van der Waals surface area contributed by atoms with Crippen molar-refractivity contribution in [3.8, 4) is 17.2 Å². The summed E-state index contributed by atoms with van der Waals surface area (Å²) in [6.07, 6.45) is 1.42. The van der Waals surface area contributed by atoms with Gasteiger partial charge < -0.3 is 14.2 Å². The number of nitro groups is 1. The fourth-order valence-corrected chi connectivity index (χ4v) is 2.96. The second-order valence-corrected chi connectivity index (χ2v) is 6.89. The lowest BCUT2D eigenvalue weighted by Gasteiger charge is -2.11. The van der Waals surface area contributed by atoms with E-state index < -0.39 is 10.9 Å². The molecule has 0 fully saturated rings. The lowest BCUT2D eigenvalue weighted by Crippen LogP contribution is -2.19. The first kappa shape index (κ1) is 23.9. The fraction of sp³-hybridized carbons (Fsp3) is 0.125. The number of ether oxygens (including phenoxy) is 3. The molecule has 3 aromatic rings. The molecule has 0 atom stereocenters. The highest BCUT2D eigenvalue weighted by molar-refractivity contribution is 5.94. The van der Waals surface area contributed by atoms with Crippen molar-refractivity contribution in [2.45, 2.75) is 6.42 Å². The van der Waals surface area contributed by atoms with Gasteiger partial charge in [0.25, 0.3) is 5.69 Å². The molecular formula is C24H21N3O7. The lowest BCUT2D eigenvalue weighted by atomic mass is 10.1. The Labute approximate surface area is 194 Å². The summed E-state index contributed by atoms with van der Waals surface area (Å²) in [5, 5.41) is 14.6. The predicted octanol–water partition coefficient (Wildman–Crippen LogP) is 3.52. The summed E-state index contributed by atoms with van der Waals surface area (Å²) in [5.41, 5.74) is 3.82. The molecule has 3 aromatic carbocycles. The van der Waals surface area contributed by atoms with Gasteiger partial charge in [-0.05, 0) is 41.5 Å². The van der Waals surface area contributed by atoms with Crippen LogP contribution in [0.1, 0.15) is 21.5 Å². The van der Waals surface area contributed by atoms with Crippen molar-refractivity contribution in [2.24, 2.45) is 5.10 Å². The topological polar surface area (TPSA) is 129 Å². The number of nitro benzene ring substituents is 1. The maximum atomic E-state index is 12.5. The van der Waals surface area contributed by atoms with Gasteiger partial charge >= 0.3 is 5.97 Å². The van der Waals surface area contributed by atoms with Crippen molar-refractivity contribution in [3.05, 3.63) is 93.5 Å². The van der Waals surface area contributed by atoms with Crippen molar-refractivity contribution in [2.75, 3.05) is 14.2 Å². The number of non-ortho nitro benzene ring substituents is 1. The van der Waals surface area contributed by atoms with Gasteiger partial charge in [-0.2, -0.15) is 5.10 Å². The molecule has 0 aliphatic rings. The average molecular weight is 463 g/mol. The maximum Gasteiger partial charge on any atom is 0.347 e. The smallest absolute Gasteiger partial charge is 0.347 e. The summed E-state index contributed by atoms with van der Waals surface area (Å²) >= 11 is 0. The number of methoxy groups -OCH3 is 2. The standard InChI is InChI=1S/C24H21N3O7/c1-32-20-6-4-3-5-19(20)24(29)34-21-12-9-17(13-22(21)33-2)15-25-26-23(28)14-16-7-10-18(11-8-16)27(30)31/h3-13,15H,14H2,1-2H3,(H,26,28)/b25-15-. The number of hydrogen-bond donors (Lipinski definition) is 1. The van der Waals surface area contributed by atoms with Crippen LogP contribution in [0.2, 0.25) is 0 Å². The zero-order chi connectivity index (χ0) is 24.5. The van der Waals surface area contributed by atoms with Gasteiger partial charge in [-0.1, -0.05) is 24.3 Å². The third-order valence-electron chi connectivity index (χ3n) is 4.63. The number of para-hydroxylation sites is 1. The van der Waals surface area contributed by atoms with Crippen LogP contribution in [0.25, 0.3) is 0 Å². The zero-order valence-electron chi connectivity index (χ0n) is 18.4. The average Bonchev–Trinajstić information content (AvgIpc) is 2.85. The van der Waals surface area contributed by atoms with Gasteiger partial charge in [0, 0.05) is 12.1 Å². The van der Waals surface area contributed by atoms with E-state index in [-0.39, 0.29) is 29.3 Å². The van der Waals surface area contributed by atoms with Gasteiger partial charge in [0.05, 0.1) is 31.8 Å². The molecule has 34 heavy (non-hydrogen) atoms. The number of rotatable bonds is 9. The fourth-order valence-electron chi connectivity index (χ4n) is 2.96. The molecule has 1 N–H and O–H groups in total. The number of carbonyl (C=O) groups excluding carboxylic acids is 2. The van der Waals surface area contributed by atoms with Crippen LogP contribution in [-0.4, -0.2) is 37.2 Å². The van der Waals surface area contributed by atoms with E-state index >= 15 is 0 Å². The first-order valence-electron chi connectivity index (χ1n) is 9.99. The van der Waals surface area contributed by atoms with Crippen molar-refractivity contribution in [1.82, 2.24) is 5.43 Å². The third-order valence-corrected chi connectivity index (χ3v) is 4.63. The summed E-state index contributed by atoms with van der Waals surface area (Å²) < 4.78 is 15.9. The molecule has 174 valence electrons. The van der Waals surface area contributed by atoms with E-state index in [4.69, 9.17) is 14.2 Å². The van der Waals surface area contributed by atoms with Crippen LogP contribution < -0.4 is 19.6 Å². The Balaban J connectivity index is 1.61. The maximum absolute atomic E-state index is 12.5. The van der Waals surface area contributed by atoms with Crippen LogP contribution in [0.4, 0.5) is 5.69 Å². The Morgan fingerprint density at radius 2 is 1.68 bits per heavy atom. The second-order valence-electron chi connectivity index (χ2n) is 6.89. The van der Waals surface area contributed by atoms with E-state index in [2.05, 4.69) is 10.5 Å². The molecule has 0 bridgehead atoms. The number of nitrogens with one attached hydrogen (secondary N) is 1. The van der Waals surface area contributed by atoms with Crippen LogP contribution in [-0.2, 0) is 11.2 Å². The molecule has 0 radical (unpaired) electrons. The van der Waals surface area contributed by atoms with Crippen LogP contribution in [0, 0.1) is 10.1 Å². The van der Waals surface area contributed by atoms with E-state index in [1.807, 2.05) is 0 Å². The molecule has 0 spiro atoms. The summed E-state index contributed by atoms with van der Waals surface area (Å²) in [7, 11) is 2.90. The molecule has 0 saturated heterocycles. The SMILES string of the molecule is COc1cc(/C=N\NC(=O)Cc2ccc([N+](=O)[O-])cc2)ccc1OC(=O)c1ccccc1OC. The highest BCUT2D eigenvalue weighted by atomic mass is 16.6.